The Morgan fingerprint density at radius 3 is 2.52 bits per heavy atom. The van der Waals surface area contributed by atoms with Crippen molar-refractivity contribution in [2.24, 2.45) is 11.7 Å². The molecule has 1 saturated carbocycles. The number of hydrogen-bond acceptors (Lipinski definition) is 3. The molecule has 0 unspecified atom stereocenters. The van der Waals surface area contributed by atoms with E-state index in [0.29, 0.717) is 17.6 Å². The van der Waals surface area contributed by atoms with Gasteiger partial charge in [-0.25, -0.2) is 4.39 Å². The van der Waals surface area contributed by atoms with Gasteiger partial charge >= 0.3 is 0 Å². The monoisotopic (exact) mass is 293 g/mol. The molecule has 1 aliphatic carbocycles. The third-order valence-electron chi connectivity index (χ3n) is 4.02. The van der Waals surface area contributed by atoms with Gasteiger partial charge < -0.3 is 16.4 Å². The predicted molar refractivity (Wildman–Crippen MR) is 83.8 cm³/mol. The molecule has 0 radical (unpaired) electrons. The van der Waals surface area contributed by atoms with Crippen LogP contribution in [0.5, 0.6) is 0 Å². The van der Waals surface area contributed by atoms with Gasteiger partial charge in [-0.05, 0) is 30.9 Å². The first-order chi connectivity index (χ1) is 9.90. The van der Waals surface area contributed by atoms with Gasteiger partial charge in [0.1, 0.15) is 5.82 Å². The van der Waals surface area contributed by atoms with E-state index in [-0.39, 0.29) is 17.1 Å². The first-order valence-electron chi connectivity index (χ1n) is 7.55. The van der Waals surface area contributed by atoms with E-state index >= 15 is 0 Å². The van der Waals surface area contributed by atoms with Crippen molar-refractivity contribution in [3.05, 3.63) is 23.5 Å². The molecule has 0 atom stereocenters. The number of benzene rings is 1. The van der Waals surface area contributed by atoms with Crippen LogP contribution in [0.25, 0.3) is 0 Å². The van der Waals surface area contributed by atoms with Crippen LogP contribution >= 0.6 is 0 Å². The minimum atomic E-state index is -0.621. The molecule has 1 aromatic rings. The second-order valence-electron chi connectivity index (χ2n) is 6.24. The zero-order valence-corrected chi connectivity index (χ0v) is 12.7. The first kappa shape index (κ1) is 15.6. The lowest BCUT2D eigenvalue weighted by Gasteiger charge is -2.33. The molecule has 1 fully saturated rings. The van der Waals surface area contributed by atoms with E-state index in [0.717, 1.165) is 19.4 Å². The van der Waals surface area contributed by atoms with Gasteiger partial charge in [-0.1, -0.05) is 26.7 Å². The van der Waals surface area contributed by atoms with Crippen LogP contribution in [0.1, 0.15) is 49.9 Å². The van der Waals surface area contributed by atoms with E-state index < -0.39 is 5.91 Å². The normalized spacial score (nSPS) is 15.6. The Balaban J connectivity index is 2.42. The number of nitrogens with two attached hydrogens (primary N) is 2. The Kier molecular flexibility index (Phi) is 4.70. The third-order valence-corrected chi connectivity index (χ3v) is 4.02. The molecular formula is C16H24FN3O. The van der Waals surface area contributed by atoms with Crippen LogP contribution in [0.2, 0.25) is 0 Å². The minimum Gasteiger partial charge on any atom is -0.398 e. The molecule has 0 saturated heterocycles. The summed E-state index contributed by atoms with van der Waals surface area (Å²) in [5.41, 5.74) is 11.7. The summed E-state index contributed by atoms with van der Waals surface area (Å²) in [7, 11) is 0. The van der Waals surface area contributed by atoms with Gasteiger partial charge in [0.15, 0.2) is 0 Å². The highest BCUT2D eigenvalue weighted by atomic mass is 19.1. The Morgan fingerprint density at radius 2 is 2.00 bits per heavy atom. The molecule has 4 N–H and O–H groups in total. The summed E-state index contributed by atoms with van der Waals surface area (Å²) in [5, 5.41) is 0. The van der Waals surface area contributed by atoms with Crippen LogP contribution in [0.15, 0.2) is 12.1 Å². The topological polar surface area (TPSA) is 72.3 Å². The molecule has 0 aromatic heterocycles. The first-order valence-corrected chi connectivity index (χ1v) is 7.55. The van der Waals surface area contributed by atoms with Gasteiger partial charge in [0.05, 0.1) is 11.3 Å². The lowest BCUT2D eigenvalue weighted by molar-refractivity contribution is 0.100. The lowest BCUT2D eigenvalue weighted by atomic mass is 10.1. The van der Waals surface area contributed by atoms with Crippen LogP contribution in [-0.4, -0.2) is 18.5 Å². The summed E-state index contributed by atoms with van der Waals surface area (Å²) in [6.07, 6.45) is 4.45. The SMILES string of the molecule is CC(C)CN(c1cc(C(N)=O)c(N)cc1F)C1CCCC1. The molecule has 116 valence electrons. The van der Waals surface area contributed by atoms with E-state index in [4.69, 9.17) is 11.5 Å². The number of carbonyl (C=O) groups is 1. The Bertz CT molecular complexity index is 524. The van der Waals surface area contributed by atoms with E-state index in [9.17, 15) is 9.18 Å². The van der Waals surface area contributed by atoms with Crippen LogP contribution in [0, 0.1) is 11.7 Å². The number of hydrogen-bond donors (Lipinski definition) is 2. The number of nitrogen functional groups attached to an aromatic ring is 1. The number of nitrogens with zero attached hydrogens (tertiary/aromatic N) is 1. The number of anilines is 2. The molecule has 0 spiro atoms. The number of carbonyl (C=O) groups excluding carboxylic acids is 1. The van der Waals surface area contributed by atoms with Crippen LogP contribution < -0.4 is 16.4 Å². The molecular weight excluding hydrogens is 269 g/mol. The van der Waals surface area contributed by atoms with E-state index in [2.05, 4.69) is 18.7 Å². The maximum Gasteiger partial charge on any atom is 0.250 e. The van der Waals surface area contributed by atoms with Crippen LogP contribution in [-0.2, 0) is 0 Å². The van der Waals surface area contributed by atoms with Gasteiger partial charge in [0.2, 0.25) is 0 Å². The molecule has 2 rings (SSSR count). The number of amides is 1. The average molecular weight is 293 g/mol. The number of primary amides is 1. The largest absolute Gasteiger partial charge is 0.398 e. The molecule has 1 aliphatic rings. The molecule has 0 bridgehead atoms. The van der Waals surface area contributed by atoms with Crippen molar-refractivity contribution in [2.45, 2.75) is 45.6 Å². The fraction of sp³-hybridized carbons (Fsp3) is 0.562. The van der Waals surface area contributed by atoms with Crippen molar-refractivity contribution in [3.63, 3.8) is 0 Å². The Morgan fingerprint density at radius 1 is 1.38 bits per heavy atom. The van der Waals surface area contributed by atoms with Crippen molar-refractivity contribution in [2.75, 3.05) is 17.2 Å². The molecule has 0 aliphatic heterocycles. The lowest BCUT2D eigenvalue weighted by Crippen LogP contribution is -2.37. The van der Waals surface area contributed by atoms with Crippen molar-refractivity contribution in [1.82, 2.24) is 0 Å². The highest BCUT2D eigenvalue weighted by molar-refractivity contribution is 5.99. The van der Waals surface area contributed by atoms with Gasteiger partial charge in [0, 0.05) is 18.3 Å². The fourth-order valence-corrected chi connectivity index (χ4v) is 3.06. The molecule has 5 heteroatoms. The van der Waals surface area contributed by atoms with E-state index in [1.54, 1.807) is 0 Å². The van der Waals surface area contributed by atoms with Gasteiger partial charge in [0.25, 0.3) is 5.91 Å². The second kappa shape index (κ2) is 6.33. The van der Waals surface area contributed by atoms with Crippen molar-refractivity contribution in [3.8, 4) is 0 Å². The van der Waals surface area contributed by atoms with Crippen molar-refractivity contribution in [1.29, 1.82) is 0 Å². The summed E-state index contributed by atoms with van der Waals surface area (Å²) in [5.74, 6) is -0.602. The summed E-state index contributed by atoms with van der Waals surface area (Å²) >= 11 is 0. The summed E-state index contributed by atoms with van der Waals surface area (Å²) in [4.78, 5) is 13.5. The standard InChI is InChI=1S/C16H24FN3O/c1-10(2)9-20(11-5-3-4-6-11)15-7-12(16(19)21)14(18)8-13(15)17/h7-8,10-11H,3-6,9,18H2,1-2H3,(H2,19,21). The van der Waals surface area contributed by atoms with Crippen molar-refractivity contribution >= 4 is 17.3 Å². The minimum absolute atomic E-state index is 0.0969. The number of halogens is 1. The molecule has 1 aromatic carbocycles. The Hall–Kier alpha value is -1.78. The maximum absolute atomic E-state index is 14.4. The molecule has 0 heterocycles. The number of rotatable bonds is 5. The molecule has 1 amide bonds. The maximum atomic E-state index is 14.4. The summed E-state index contributed by atoms with van der Waals surface area (Å²) in [6, 6.07) is 3.04. The van der Waals surface area contributed by atoms with E-state index in [1.807, 2.05) is 0 Å². The quantitative estimate of drug-likeness (QED) is 0.820. The highest BCUT2D eigenvalue weighted by Crippen LogP contribution is 2.32. The Labute approximate surface area is 125 Å². The second-order valence-corrected chi connectivity index (χ2v) is 6.24. The fourth-order valence-electron chi connectivity index (χ4n) is 3.06. The molecule has 21 heavy (non-hydrogen) atoms. The van der Waals surface area contributed by atoms with Crippen LogP contribution in [0.4, 0.5) is 15.8 Å². The van der Waals surface area contributed by atoms with Gasteiger partial charge in [-0.15, -0.1) is 0 Å². The van der Waals surface area contributed by atoms with E-state index in [1.165, 1.54) is 25.0 Å². The predicted octanol–water partition coefficient (Wildman–Crippen LogP) is 2.91. The third kappa shape index (κ3) is 3.46. The smallest absolute Gasteiger partial charge is 0.250 e. The van der Waals surface area contributed by atoms with Gasteiger partial charge in [-0.2, -0.15) is 0 Å². The van der Waals surface area contributed by atoms with Crippen molar-refractivity contribution < 1.29 is 9.18 Å². The zero-order valence-electron chi connectivity index (χ0n) is 12.7. The van der Waals surface area contributed by atoms with Gasteiger partial charge in [-0.3, -0.25) is 4.79 Å². The highest BCUT2D eigenvalue weighted by Gasteiger charge is 2.26. The van der Waals surface area contributed by atoms with Crippen LogP contribution in [0.3, 0.4) is 0 Å². The zero-order chi connectivity index (χ0) is 15.6. The summed E-state index contributed by atoms with van der Waals surface area (Å²) < 4.78 is 14.4. The average Bonchev–Trinajstić information content (AvgIpc) is 2.89. The summed E-state index contributed by atoms with van der Waals surface area (Å²) in [6.45, 7) is 4.96. The molecule has 4 nitrogen and oxygen atoms in total.